The van der Waals surface area contributed by atoms with Crippen LogP contribution in [0.3, 0.4) is 0 Å². The van der Waals surface area contributed by atoms with E-state index in [1.54, 1.807) is 0 Å². The van der Waals surface area contributed by atoms with E-state index in [0.29, 0.717) is 0 Å². The molecule has 1 unspecified atom stereocenters. The predicted molar refractivity (Wildman–Crippen MR) is 47.1 cm³/mol. The first-order valence-corrected chi connectivity index (χ1v) is 4.32. The molecule has 1 aliphatic rings. The topological polar surface area (TPSA) is 23.5 Å². The van der Waals surface area contributed by atoms with Crippen LogP contribution in [0.25, 0.3) is 0 Å². The second kappa shape index (κ2) is 2.88. The van der Waals surface area contributed by atoms with Crippen molar-refractivity contribution in [2.45, 2.75) is 19.4 Å². The van der Waals surface area contributed by atoms with E-state index < -0.39 is 0 Å². The van der Waals surface area contributed by atoms with Gasteiger partial charge in [-0.05, 0) is 24.5 Å². The first-order chi connectivity index (χ1) is 5.79. The molecule has 2 nitrogen and oxygen atoms in total. The molecule has 0 saturated heterocycles. The van der Waals surface area contributed by atoms with E-state index in [0.717, 1.165) is 13.0 Å². The Hall–Kier alpha value is -0.860. The SMILES string of the molecule is CC1c2ccccc2CCN1O. The molecule has 1 heterocycles. The van der Waals surface area contributed by atoms with Gasteiger partial charge in [-0.3, -0.25) is 0 Å². The van der Waals surface area contributed by atoms with Gasteiger partial charge in [0.15, 0.2) is 0 Å². The number of hydrogen-bond donors (Lipinski definition) is 1. The highest BCUT2D eigenvalue weighted by atomic mass is 16.5. The summed E-state index contributed by atoms with van der Waals surface area (Å²) in [5.74, 6) is 0. The molecular formula is C10H13NO. The fraction of sp³-hybridized carbons (Fsp3) is 0.400. The maximum absolute atomic E-state index is 9.46. The minimum Gasteiger partial charge on any atom is -0.313 e. The van der Waals surface area contributed by atoms with Gasteiger partial charge in [-0.1, -0.05) is 24.3 Å². The van der Waals surface area contributed by atoms with Gasteiger partial charge in [-0.2, -0.15) is 5.06 Å². The number of fused-ring (bicyclic) bond motifs is 1. The van der Waals surface area contributed by atoms with Crippen molar-refractivity contribution in [3.63, 3.8) is 0 Å². The van der Waals surface area contributed by atoms with Gasteiger partial charge in [0.25, 0.3) is 0 Å². The van der Waals surface area contributed by atoms with Gasteiger partial charge < -0.3 is 5.21 Å². The molecule has 2 rings (SSSR count). The molecule has 0 saturated carbocycles. The quantitative estimate of drug-likeness (QED) is 0.632. The largest absolute Gasteiger partial charge is 0.313 e. The molecule has 1 atom stereocenters. The Bertz CT molecular complexity index is 285. The Morgan fingerprint density at radius 3 is 3.00 bits per heavy atom. The molecule has 0 amide bonds. The van der Waals surface area contributed by atoms with Gasteiger partial charge in [0.2, 0.25) is 0 Å². The van der Waals surface area contributed by atoms with Crippen molar-refractivity contribution in [3.05, 3.63) is 35.4 Å². The van der Waals surface area contributed by atoms with Gasteiger partial charge in [0.05, 0.1) is 6.04 Å². The van der Waals surface area contributed by atoms with Crippen molar-refractivity contribution in [1.82, 2.24) is 5.06 Å². The third-order valence-electron chi connectivity index (χ3n) is 2.56. The number of benzene rings is 1. The molecule has 0 aliphatic carbocycles. The van der Waals surface area contributed by atoms with Crippen LogP contribution in [0.15, 0.2) is 24.3 Å². The summed E-state index contributed by atoms with van der Waals surface area (Å²) < 4.78 is 0. The normalized spacial score (nSPS) is 23.7. The Labute approximate surface area is 72.4 Å². The fourth-order valence-corrected chi connectivity index (χ4v) is 1.76. The van der Waals surface area contributed by atoms with Gasteiger partial charge in [-0.25, -0.2) is 0 Å². The van der Waals surface area contributed by atoms with Gasteiger partial charge >= 0.3 is 0 Å². The Balaban J connectivity index is 2.42. The summed E-state index contributed by atoms with van der Waals surface area (Å²) in [7, 11) is 0. The second-order valence-electron chi connectivity index (χ2n) is 3.29. The number of nitrogens with zero attached hydrogens (tertiary/aromatic N) is 1. The molecule has 0 aromatic heterocycles. The first kappa shape index (κ1) is 7.77. The summed E-state index contributed by atoms with van der Waals surface area (Å²) in [5, 5.41) is 10.9. The van der Waals surface area contributed by atoms with Crippen molar-refractivity contribution in [1.29, 1.82) is 0 Å². The Kier molecular flexibility index (Phi) is 1.87. The van der Waals surface area contributed by atoms with E-state index in [1.807, 2.05) is 13.0 Å². The van der Waals surface area contributed by atoms with Crippen LogP contribution < -0.4 is 0 Å². The second-order valence-corrected chi connectivity index (χ2v) is 3.29. The van der Waals surface area contributed by atoms with Crippen LogP contribution in [0.4, 0.5) is 0 Å². The molecule has 64 valence electrons. The van der Waals surface area contributed by atoms with E-state index in [9.17, 15) is 5.21 Å². The highest BCUT2D eigenvalue weighted by Crippen LogP contribution is 2.26. The van der Waals surface area contributed by atoms with Crippen molar-refractivity contribution in [2.75, 3.05) is 6.54 Å². The van der Waals surface area contributed by atoms with Crippen LogP contribution in [-0.2, 0) is 6.42 Å². The van der Waals surface area contributed by atoms with E-state index in [2.05, 4.69) is 18.2 Å². The van der Waals surface area contributed by atoms with Gasteiger partial charge in [0.1, 0.15) is 0 Å². The third-order valence-corrected chi connectivity index (χ3v) is 2.56. The molecule has 0 radical (unpaired) electrons. The lowest BCUT2D eigenvalue weighted by molar-refractivity contribution is -0.127. The summed E-state index contributed by atoms with van der Waals surface area (Å²) in [5.41, 5.74) is 2.63. The van der Waals surface area contributed by atoms with E-state index in [1.165, 1.54) is 16.2 Å². The number of rotatable bonds is 0. The minimum absolute atomic E-state index is 0.148. The zero-order valence-electron chi connectivity index (χ0n) is 7.20. The lowest BCUT2D eigenvalue weighted by Gasteiger charge is -2.29. The van der Waals surface area contributed by atoms with Gasteiger partial charge in [-0.15, -0.1) is 0 Å². The zero-order chi connectivity index (χ0) is 8.55. The standard InChI is InChI=1S/C10H13NO/c1-8-10-5-3-2-4-9(10)6-7-11(8)12/h2-5,8,12H,6-7H2,1H3. The monoisotopic (exact) mass is 163 g/mol. The number of hydrogen-bond acceptors (Lipinski definition) is 2. The highest BCUT2D eigenvalue weighted by Gasteiger charge is 2.21. The lowest BCUT2D eigenvalue weighted by atomic mass is 9.95. The summed E-state index contributed by atoms with van der Waals surface area (Å²) in [4.78, 5) is 0. The maximum atomic E-state index is 9.46. The average molecular weight is 163 g/mol. The summed E-state index contributed by atoms with van der Waals surface area (Å²) in [6.45, 7) is 2.77. The molecule has 0 bridgehead atoms. The van der Waals surface area contributed by atoms with Crippen molar-refractivity contribution < 1.29 is 5.21 Å². The van der Waals surface area contributed by atoms with Crippen molar-refractivity contribution in [3.8, 4) is 0 Å². The smallest absolute Gasteiger partial charge is 0.0574 e. The van der Waals surface area contributed by atoms with Crippen LogP contribution in [0.1, 0.15) is 24.1 Å². The molecule has 1 aromatic rings. The molecular weight excluding hydrogens is 150 g/mol. The van der Waals surface area contributed by atoms with Crippen LogP contribution in [-0.4, -0.2) is 16.8 Å². The molecule has 2 heteroatoms. The van der Waals surface area contributed by atoms with Gasteiger partial charge in [0, 0.05) is 6.54 Å². The molecule has 1 aliphatic heterocycles. The fourth-order valence-electron chi connectivity index (χ4n) is 1.76. The molecule has 0 fully saturated rings. The average Bonchev–Trinajstić information content (AvgIpc) is 2.12. The zero-order valence-corrected chi connectivity index (χ0v) is 7.20. The summed E-state index contributed by atoms with van der Waals surface area (Å²) in [6.07, 6.45) is 0.955. The lowest BCUT2D eigenvalue weighted by Crippen LogP contribution is -2.30. The van der Waals surface area contributed by atoms with E-state index in [4.69, 9.17) is 0 Å². The Morgan fingerprint density at radius 1 is 1.42 bits per heavy atom. The molecule has 0 spiro atoms. The number of hydroxylamine groups is 2. The molecule has 1 N–H and O–H groups in total. The van der Waals surface area contributed by atoms with Crippen LogP contribution >= 0.6 is 0 Å². The summed E-state index contributed by atoms with van der Waals surface area (Å²) >= 11 is 0. The maximum Gasteiger partial charge on any atom is 0.0574 e. The van der Waals surface area contributed by atoms with Crippen LogP contribution in [0.2, 0.25) is 0 Å². The van der Waals surface area contributed by atoms with Crippen molar-refractivity contribution in [2.24, 2.45) is 0 Å². The summed E-state index contributed by atoms with van der Waals surface area (Å²) in [6, 6.07) is 8.45. The minimum atomic E-state index is 0.148. The van der Waals surface area contributed by atoms with Crippen molar-refractivity contribution >= 4 is 0 Å². The van der Waals surface area contributed by atoms with E-state index >= 15 is 0 Å². The third kappa shape index (κ3) is 1.13. The highest BCUT2D eigenvalue weighted by molar-refractivity contribution is 5.31. The predicted octanol–water partition coefficient (Wildman–Crippen LogP) is 1.99. The first-order valence-electron chi connectivity index (χ1n) is 4.32. The molecule has 12 heavy (non-hydrogen) atoms. The van der Waals surface area contributed by atoms with Crippen LogP contribution in [0, 0.1) is 0 Å². The molecule has 1 aromatic carbocycles. The Morgan fingerprint density at radius 2 is 2.17 bits per heavy atom. The van der Waals surface area contributed by atoms with E-state index in [-0.39, 0.29) is 6.04 Å². The van der Waals surface area contributed by atoms with Crippen LogP contribution in [0.5, 0.6) is 0 Å².